The van der Waals surface area contributed by atoms with Gasteiger partial charge >= 0.3 is 11.9 Å². The number of nitrogens with zero attached hydrogens (tertiary/aromatic N) is 1. The highest BCUT2D eigenvalue weighted by molar-refractivity contribution is 6.08. The second-order valence-electron chi connectivity index (χ2n) is 4.69. The van der Waals surface area contributed by atoms with E-state index in [0.29, 0.717) is 17.7 Å². The third-order valence-electron chi connectivity index (χ3n) is 3.75. The minimum absolute atomic E-state index is 0.0533. The van der Waals surface area contributed by atoms with Crippen LogP contribution in [0.4, 0.5) is 0 Å². The number of likely N-dealkylation sites (tertiary alicyclic amines) is 1. The second kappa shape index (κ2) is 5.38. The maximum absolute atomic E-state index is 12.3. The van der Waals surface area contributed by atoms with Crippen LogP contribution in [0.3, 0.4) is 0 Å². The molecule has 0 aromatic carbocycles. The molecular formula is C12H17NO6. The van der Waals surface area contributed by atoms with Gasteiger partial charge in [0.1, 0.15) is 6.04 Å². The minimum atomic E-state index is -1.63. The Balaban J connectivity index is 3.11. The zero-order valence-electron chi connectivity index (χ0n) is 10.9. The molecule has 19 heavy (non-hydrogen) atoms. The molecule has 0 radical (unpaired) electrons. The summed E-state index contributed by atoms with van der Waals surface area (Å²) >= 11 is 0. The van der Waals surface area contributed by atoms with Crippen molar-refractivity contribution in [3.63, 3.8) is 0 Å². The standard InChI is InChI=1S/C12H17NO6/c1-3-12(4-2)6-8(14)13(11(12)19)7(10(17)18)5-9(15)16/h7H,3-6H2,1-2H3,(H,15,16)(H,17,18). The molecule has 1 aliphatic heterocycles. The van der Waals surface area contributed by atoms with Crippen molar-refractivity contribution in [3.05, 3.63) is 0 Å². The molecule has 1 rings (SSSR count). The highest BCUT2D eigenvalue weighted by atomic mass is 16.4. The number of hydrogen-bond donors (Lipinski definition) is 2. The van der Waals surface area contributed by atoms with Crippen LogP contribution in [0, 0.1) is 5.41 Å². The van der Waals surface area contributed by atoms with Gasteiger partial charge in [0.2, 0.25) is 11.8 Å². The van der Waals surface area contributed by atoms with Crippen molar-refractivity contribution in [2.75, 3.05) is 0 Å². The van der Waals surface area contributed by atoms with Crippen LogP contribution >= 0.6 is 0 Å². The highest BCUT2D eigenvalue weighted by Gasteiger charge is 2.53. The number of imide groups is 1. The van der Waals surface area contributed by atoms with E-state index in [9.17, 15) is 19.2 Å². The fourth-order valence-corrected chi connectivity index (χ4v) is 2.39. The van der Waals surface area contributed by atoms with Crippen molar-refractivity contribution < 1.29 is 29.4 Å². The Morgan fingerprint density at radius 2 is 1.79 bits per heavy atom. The van der Waals surface area contributed by atoms with E-state index in [0.717, 1.165) is 0 Å². The second-order valence-corrected chi connectivity index (χ2v) is 4.69. The molecule has 1 saturated heterocycles. The number of hydrogen-bond acceptors (Lipinski definition) is 4. The summed E-state index contributed by atoms with van der Waals surface area (Å²) in [7, 11) is 0. The highest BCUT2D eigenvalue weighted by Crippen LogP contribution is 2.40. The third-order valence-corrected chi connectivity index (χ3v) is 3.75. The number of carbonyl (C=O) groups is 4. The van der Waals surface area contributed by atoms with Crippen LogP contribution in [0.15, 0.2) is 0 Å². The van der Waals surface area contributed by atoms with Crippen molar-refractivity contribution in [3.8, 4) is 0 Å². The van der Waals surface area contributed by atoms with Gasteiger partial charge in [0.05, 0.1) is 11.8 Å². The van der Waals surface area contributed by atoms with Gasteiger partial charge < -0.3 is 10.2 Å². The Morgan fingerprint density at radius 1 is 1.26 bits per heavy atom. The van der Waals surface area contributed by atoms with Crippen LogP contribution in [-0.4, -0.2) is 44.9 Å². The number of amides is 2. The largest absolute Gasteiger partial charge is 0.481 e. The Hall–Kier alpha value is -1.92. The molecule has 0 spiro atoms. The van der Waals surface area contributed by atoms with Gasteiger partial charge in [0.25, 0.3) is 0 Å². The van der Waals surface area contributed by atoms with E-state index >= 15 is 0 Å². The van der Waals surface area contributed by atoms with Crippen LogP contribution in [0.2, 0.25) is 0 Å². The van der Waals surface area contributed by atoms with E-state index in [1.165, 1.54) is 0 Å². The lowest BCUT2D eigenvalue weighted by molar-refractivity contribution is -0.158. The molecule has 1 fully saturated rings. The van der Waals surface area contributed by atoms with E-state index in [4.69, 9.17) is 10.2 Å². The monoisotopic (exact) mass is 271 g/mol. The number of carboxylic acids is 2. The van der Waals surface area contributed by atoms with Crippen molar-refractivity contribution >= 4 is 23.8 Å². The molecule has 1 unspecified atom stereocenters. The Morgan fingerprint density at radius 3 is 2.11 bits per heavy atom. The molecule has 106 valence electrons. The summed E-state index contributed by atoms with van der Waals surface area (Å²) in [6, 6.07) is -1.63. The molecule has 2 amide bonds. The number of carbonyl (C=O) groups excluding carboxylic acids is 2. The van der Waals surface area contributed by atoms with E-state index in [-0.39, 0.29) is 6.42 Å². The average Bonchev–Trinajstić information content (AvgIpc) is 2.58. The molecule has 1 heterocycles. The molecule has 0 aromatic heterocycles. The fraction of sp³-hybridized carbons (Fsp3) is 0.667. The van der Waals surface area contributed by atoms with Crippen molar-refractivity contribution in [2.45, 2.75) is 45.6 Å². The first kappa shape index (κ1) is 15.1. The van der Waals surface area contributed by atoms with Gasteiger partial charge in [-0.15, -0.1) is 0 Å². The summed E-state index contributed by atoms with van der Waals surface area (Å²) in [6.07, 6.45) is 0.00647. The smallest absolute Gasteiger partial charge is 0.327 e. The summed E-state index contributed by atoms with van der Waals surface area (Å²) in [5.41, 5.74) is -0.886. The third kappa shape index (κ3) is 2.59. The minimum Gasteiger partial charge on any atom is -0.481 e. The van der Waals surface area contributed by atoms with Gasteiger partial charge in [0, 0.05) is 6.42 Å². The lowest BCUT2D eigenvalue weighted by Gasteiger charge is -2.26. The molecule has 0 aromatic rings. The van der Waals surface area contributed by atoms with Crippen LogP contribution in [0.5, 0.6) is 0 Å². The molecule has 0 bridgehead atoms. The molecule has 1 aliphatic rings. The SMILES string of the molecule is CCC1(CC)CC(=O)N(C(CC(=O)O)C(=O)O)C1=O. The molecular weight excluding hydrogens is 254 g/mol. The Kier molecular flexibility index (Phi) is 4.28. The first-order chi connectivity index (χ1) is 8.79. The molecule has 7 nitrogen and oxygen atoms in total. The fourth-order valence-electron chi connectivity index (χ4n) is 2.39. The molecule has 7 heteroatoms. The van der Waals surface area contributed by atoms with Crippen LogP contribution in [-0.2, 0) is 19.2 Å². The zero-order chi connectivity index (χ0) is 14.8. The van der Waals surface area contributed by atoms with Crippen LogP contribution < -0.4 is 0 Å². The first-order valence-electron chi connectivity index (χ1n) is 6.10. The number of rotatable bonds is 6. The molecule has 0 saturated carbocycles. The van der Waals surface area contributed by atoms with E-state index < -0.39 is 41.6 Å². The van der Waals surface area contributed by atoms with Gasteiger partial charge in [-0.25, -0.2) is 4.79 Å². The molecule has 2 N–H and O–H groups in total. The van der Waals surface area contributed by atoms with Crippen molar-refractivity contribution in [1.29, 1.82) is 0 Å². The number of aliphatic carboxylic acids is 2. The zero-order valence-corrected chi connectivity index (χ0v) is 10.9. The maximum atomic E-state index is 12.3. The Labute approximate surface area is 110 Å². The summed E-state index contributed by atoms with van der Waals surface area (Å²) in [5.74, 6) is -4.02. The molecule has 1 atom stereocenters. The Bertz CT molecular complexity index is 426. The maximum Gasteiger partial charge on any atom is 0.327 e. The average molecular weight is 271 g/mol. The predicted molar refractivity (Wildman–Crippen MR) is 63.2 cm³/mol. The van der Waals surface area contributed by atoms with E-state index in [1.54, 1.807) is 13.8 Å². The van der Waals surface area contributed by atoms with Gasteiger partial charge in [-0.1, -0.05) is 13.8 Å². The lowest BCUT2D eigenvalue weighted by atomic mass is 9.81. The quantitative estimate of drug-likeness (QED) is 0.679. The lowest BCUT2D eigenvalue weighted by Crippen LogP contribution is -2.47. The van der Waals surface area contributed by atoms with Crippen molar-refractivity contribution in [1.82, 2.24) is 4.90 Å². The topological polar surface area (TPSA) is 112 Å². The van der Waals surface area contributed by atoms with Crippen LogP contribution in [0.25, 0.3) is 0 Å². The van der Waals surface area contributed by atoms with Crippen molar-refractivity contribution in [2.24, 2.45) is 5.41 Å². The van der Waals surface area contributed by atoms with Gasteiger partial charge in [-0.3, -0.25) is 19.3 Å². The van der Waals surface area contributed by atoms with Gasteiger partial charge in [0.15, 0.2) is 0 Å². The normalized spacial score (nSPS) is 19.6. The first-order valence-corrected chi connectivity index (χ1v) is 6.10. The van der Waals surface area contributed by atoms with Gasteiger partial charge in [-0.2, -0.15) is 0 Å². The summed E-state index contributed by atoms with van der Waals surface area (Å²) in [5, 5.41) is 17.7. The van der Waals surface area contributed by atoms with E-state index in [1.807, 2.05) is 0 Å². The van der Waals surface area contributed by atoms with E-state index in [2.05, 4.69) is 0 Å². The summed E-state index contributed by atoms with van der Waals surface area (Å²) < 4.78 is 0. The van der Waals surface area contributed by atoms with Gasteiger partial charge in [-0.05, 0) is 12.8 Å². The van der Waals surface area contributed by atoms with Crippen LogP contribution in [0.1, 0.15) is 39.5 Å². The summed E-state index contributed by atoms with van der Waals surface area (Å²) in [6.45, 7) is 3.51. The number of carboxylic acid groups (broad SMARTS) is 2. The molecule has 0 aliphatic carbocycles. The summed E-state index contributed by atoms with van der Waals surface area (Å²) in [4.78, 5) is 46.5. The predicted octanol–water partition coefficient (Wildman–Crippen LogP) is 0.480.